The predicted octanol–water partition coefficient (Wildman–Crippen LogP) is 8.16. The smallest absolute Gasteiger partial charge is 0.165 e. The van der Waals surface area contributed by atoms with Gasteiger partial charge in [0.15, 0.2) is 5.79 Å². The average molecular weight is 371 g/mol. The molecule has 0 aliphatic heterocycles. The molecule has 0 fully saturated rings. The van der Waals surface area contributed by atoms with Crippen molar-refractivity contribution in [3.05, 3.63) is 0 Å². The standard InChI is InChI=1S/C24H50O2/c1-4-7-9-11-13-15-17-19-22-24(25,21-6-3)26-23-20-18-16-14-12-10-8-5-2/h25H,4-23H2,1-3H3. The lowest BCUT2D eigenvalue weighted by molar-refractivity contribution is -0.213. The van der Waals surface area contributed by atoms with Crippen LogP contribution in [0.25, 0.3) is 0 Å². The van der Waals surface area contributed by atoms with Crippen LogP contribution in [0.5, 0.6) is 0 Å². The van der Waals surface area contributed by atoms with Gasteiger partial charge in [-0.15, -0.1) is 0 Å². The molecule has 0 saturated carbocycles. The van der Waals surface area contributed by atoms with Crippen LogP contribution in [0.15, 0.2) is 0 Å². The van der Waals surface area contributed by atoms with Gasteiger partial charge in [-0.3, -0.25) is 0 Å². The molecule has 1 unspecified atom stereocenters. The van der Waals surface area contributed by atoms with Crippen molar-refractivity contribution in [3.8, 4) is 0 Å². The molecule has 0 aromatic carbocycles. The number of rotatable bonds is 21. The summed E-state index contributed by atoms with van der Waals surface area (Å²) in [4.78, 5) is 0. The first kappa shape index (κ1) is 25.9. The molecule has 0 saturated heterocycles. The molecule has 1 atom stereocenters. The summed E-state index contributed by atoms with van der Waals surface area (Å²) >= 11 is 0. The summed E-state index contributed by atoms with van der Waals surface area (Å²) in [5.74, 6) is -0.863. The SMILES string of the molecule is CCCCCCCCCCOC(O)(CCC)CCCCCCCCCC. The van der Waals surface area contributed by atoms with Gasteiger partial charge in [-0.25, -0.2) is 0 Å². The number of unbranched alkanes of at least 4 members (excludes halogenated alkanes) is 14. The fraction of sp³-hybridized carbons (Fsp3) is 1.00. The Labute approximate surface area is 165 Å². The van der Waals surface area contributed by atoms with E-state index in [0.717, 1.165) is 38.7 Å². The minimum absolute atomic E-state index is 0.725. The van der Waals surface area contributed by atoms with E-state index in [4.69, 9.17) is 4.74 Å². The number of aliphatic hydroxyl groups is 1. The molecule has 0 aromatic heterocycles. The summed E-state index contributed by atoms with van der Waals surface area (Å²) in [5, 5.41) is 10.8. The third-order valence-electron chi connectivity index (χ3n) is 5.43. The van der Waals surface area contributed by atoms with Crippen molar-refractivity contribution in [2.45, 2.75) is 149 Å². The highest BCUT2D eigenvalue weighted by molar-refractivity contribution is 4.67. The molecule has 0 amide bonds. The maximum Gasteiger partial charge on any atom is 0.165 e. The highest BCUT2D eigenvalue weighted by atomic mass is 16.6. The van der Waals surface area contributed by atoms with Gasteiger partial charge in [0.2, 0.25) is 0 Å². The van der Waals surface area contributed by atoms with Gasteiger partial charge >= 0.3 is 0 Å². The van der Waals surface area contributed by atoms with Crippen LogP contribution in [-0.4, -0.2) is 17.5 Å². The Morgan fingerprint density at radius 2 is 0.923 bits per heavy atom. The van der Waals surface area contributed by atoms with Crippen molar-refractivity contribution in [1.82, 2.24) is 0 Å². The molecule has 1 N–H and O–H groups in total. The Balaban J connectivity index is 3.64. The molecule has 0 bridgehead atoms. The minimum atomic E-state index is -0.863. The van der Waals surface area contributed by atoms with Gasteiger partial charge in [-0.05, 0) is 12.8 Å². The van der Waals surface area contributed by atoms with Crippen LogP contribution < -0.4 is 0 Å². The van der Waals surface area contributed by atoms with Crippen LogP contribution in [0.1, 0.15) is 143 Å². The lowest BCUT2D eigenvalue weighted by Crippen LogP contribution is -2.32. The average Bonchev–Trinajstić information content (AvgIpc) is 2.63. The van der Waals surface area contributed by atoms with Crippen molar-refractivity contribution in [2.75, 3.05) is 6.61 Å². The molecule has 26 heavy (non-hydrogen) atoms. The fourth-order valence-electron chi connectivity index (χ4n) is 3.69. The lowest BCUT2D eigenvalue weighted by Gasteiger charge is -2.28. The maximum absolute atomic E-state index is 10.8. The molecule has 0 heterocycles. The van der Waals surface area contributed by atoms with E-state index in [-0.39, 0.29) is 0 Å². The molecule has 0 aromatic rings. The van der Waals surface area contributed by atoms with Gasteiger partial charge in [-0.1, -0.05) is 117 Å². The second-order valence-electron chi connectivity index (χ2n) is 8.24. The highest BCUT2D eigenvalue weighted by Gasteiger charge is 2.25. The van der Waals surface area contributed by atoms with Crippen molar-refractivity contribution in [2.24, 2.45) is 0 Å². The van der Waals surface area contributed by atoms with E-state index in [9.17, 15) is 5.11 Å². The van der Waals surface area contributed by atoms with Gasteiger partial charge in [0.05, 0.1) is 6.61 Å². The van der Waals surface area contributed by atoms with Crippen LogP contribution >= 0.6 is 0 Å². The molecule has 2 nitrogen and oxygen atoms in total. The van der Waals surface area contributed by atoms with Gasteiger partial charge < -0.3 is 9.84 Å². The van der Waals surface area contributed by atoms with Crippen LogP contribution in [0.4, 0.5) is 0 Å². The largest absolute Gasteiger partial charge is 0.365 e. The molecule has 0 rings (SSSR count). The van der Waals surface area contributed by atoms with Gasteiger partial charge in [0, 0.05) is 12.8 Å². The second kappa shape index (κ2) is 19.7. The van der Waals surface area contributed by atoms with E-state index in [1.165, 1.54) is 89.9 Å². The zero-order valence-electron chi connectivity index (χ0n) is 18.5. The molecule has 0 radical (unpaired) electrons. The Bertz CT molecular complexity index is 267. The molecular formula is C24H50O2. The summed E-state index contributed by atoms with van der Waals surface area (Å²) in [6.07, 6.45) is 23.5. The fourth-order valence-corrected chi connectivity index (χ4v) is 3.69. The Morgan fingerprint density at radius 3 is 1.38 bits per heavy atom. The van der Waals surface area contributed by atoms with Gasteiger partial charge in [-0.2, -0.15) is 0 Å². The molecule has 158 valence electrons. The van der Waals surface area contributed by atoms with Crippen LogP contribution in [0.2, 0.25) is 0 Å². The zero-order chi connectivity index (χ0) is 19.3. The zero-order valence-corrected chi connectivity index (χ0v) is 18.5. The Hall–Kier alpha value is -0.0800. The monoisotopic (exact) mass is 370 g/mol. The number of hydrogen-bond donors (Lipinski definition) is 1. The van der Waals surface area contributed by atoms with E-state index in [1.807, 2.05) is 0 Å². The first-order valence-corrected chi connectivity index (χ1v) is 12.0. The second-order valence-corrected chi connectivity index (χ2v) is 8.24. The number of ether oxygens (including phenoxy) is 1. The Kier molecular flexibility index (Phi) is 19.6. The molecule has 0 aliphatic rings. The van der Waals surface area contributed by atoms with Gasteiger partial charge in [0.1, 0.15) is 0 Å². The van der Waals surface area contributed by atoms with E-state index in [1.54, 1.807) is 0 Å². The Morgan fingerprint density at radius 1 is 0.500 bits per heavy atom. The highest BCUT2D eigenvalue weighted by Crippen LogP contribution is 2.24. The van der Waals surface area contributed by atoms with E-state index >= 15 is 0 Å². The van der Waals surface area contributed by atoms with Crippen molar-refractivity contribution < 1.29 is 9.84 Å². The van der Waals surface area contributed by atoms with Crippen LogP contribution in [-0.2, 0) is 4.74 Å². The summed E-state index contributed by atoms with van der Waals surface area (Å²) in [6.45, 7) is 7.39. The predicted molar refractivity (Wildman–Crippen MR) is 116 cm³/mol. The van der Waals surface area contributed by atoms with Crippen LogP contribution in [0.3, 0.4) is 0 Å². The third-order valence-corrected chi connectivity index (χ3v) is 5.43. The molecular weight excluding hydrogens is 320 g/mol. The van der Waals surface area contributed by atoms with Crippen molar-refractivity contribution >= 4 is 0 Å². The minimum Gasteiger partial charge on any atom is -0.365 e. The summed E-state index contributed by atoms with van der Waals surface area (Å²) in [6, 6.07) is 0. The molecule has 0 aliphatic carbocycles. The molecule has 0 spiro atoms. The summed E-state index contributed by atoms with van der Waals surface area (Å²) in [7, 11) is 0. The lowest BCUT2D eigenvalue weighted by atomic mass is 10.0. The van der Waals surface area contributed by atoms with Gasteiger partial charge in [0.25, 0.3) is 0 Å². The van der Waals surface area contributed by atoms with Crippen molar-refractivity contribution in [3.63, 3.8) is 0 Å². The first-order valence-electron chi connectivity index (χ1n) is 12.0. The summed E-state index contributed by atoms with van der Waals surface area (Å²) < 4.78 is 5.93. The topological polar surface area (TPSA) is 29.5 Å². The van der Waals surface area contributed by atoms with Crippen LogP contribution in [0, 0.1) is 0 Å². The van der Waals surface area contributed by atoms with E-state index in [0.29, 0.717) is 0 Å². The normalized spacial score (nSPS) is 13.8. The quantitative estimate of drug-likeness (QED) is 0.163. The van der Waals surface area contributed by atoms with E-state index < -0.39 is 5.79 Å². The third kappa shape index (κ3) is 17.3. The maximum atomic E-state index is 10.8. The van der Waals surface area contributed by atoms with E-state index in [2.05, 4.69) is 20.8 Å². The van der Waals surface area contributed by atoms with Crippen molar-refractivity contribution in [1.29, 1.82) is 0 Å². The summed E-state index contributed by atoms with van der Waals surface area (Å²) in [5.41, 5.74) is 0. The first-order chi connectivity index (χ1) is 12.7. The number of hydrogen-bond acceptors (Lipinski definition) is 2. The molecule has 2 heteroatoms.